The van der Waals surface area contributed by atoms with Gasteiger partial charge in [0.25, 0.3) is 5.91 Å². The van der Waals surface area contributed by atoms with Gasteiger partial charge in [-0.2, -0.15) is 0 Å². The van der Waals surface area contributed by atoms with Crippen LogP contribution in [0.15, 0.2) is 12.3 Å². The predicted octanol–water partition coefficient (Wildman–Crippen LogP) is 0.667. The topological polar surface area (TPSA) is 112 Å². The summed E-state index contributed by atoms with van der Waals surface area (Å²) in [6.07, 6.45) is 4.52. The van der Waals surface area contributed by atoms with Crippen molar-refractivity contribution in [3.05, 3.63) is 23.5 Å². The minimum atomic E-state index is -3.82. The van der Waals surface area contributed by atoms with E-state index < -0.39 is 20.5 Å². The summed E-state index contributed by atoms with van der Waals surface area (Å²) < 4.78 is 23.8. The smallest absolute Gasteiger partial charge is 0.318 e. The van der Waals surface area contributed by atoms with Crippen molar-refractivity contribution in [3.8, 4) is 23.7 Å². The molecule has 2 aliphatic rings. The van der Waals surface area contributed by atoms with Gasteiger partial charge in [0.05, 0.1) is 6.54 Å². The Balaban J connectivity index is 1.62. The van der Waals surface area contributed by atoms with E-state index in [9.17, 15) is 18.0 Å². The Morgan fingerprint density at radius 1 is 1.31 bits per heavy atom. The van der Waals surface area contributed by atoms with Crippen LogP contribution in [0, 0.1) is 29.6 Å². The van der Waals surface area contributed by atoms with E-state index in [1.54, 1.807) is 12.3 Å². The first-order chi connectivity index (χ1) is 15.0. The predicted molar refractivity (Wildman–Crippen MR) is 118 cm³/mol. The average Bonchev–Trinajstić information content (AvgIpc) is 3.27. The van der Waals surface area contributed by atoms with E-state index in [0.717, 1.165) is 37.9 Å². The molecule has 10 heteroatoms. The molecule has 0 aliphatic carbocycles. The lowest BCUT2D eigenvalue weighted by atomic mass is 9.98. The molecule has 9 nitrogen and oxygen atoms in total. The molecule has 0 radical (unpaired) electrons. The first-order valence-electron chi connectivity index (χ1n) is 10.4. The van der Waals surface area contributed by atoms with Gasteiger partial charge in [-0.25, -0.2) is 18.7 Å². The largest absolute Gasteiger partial charge is 0.328 e. The number of rotatable bonds is 5. The van der Waals surface area contributed by atoms with Crippen LogP contribution in [-0.4, -0.2) is 77.6 Å². The van der Waals surface area contributed by atoms with Crippen LogP contribution in [0.1, 0.15) is 37.4 Å². The Bertz CT molecular complexity index is 1130. The Labute approximate surface area is 188 Å². The van der Waals surface area contributed by atoms with Crippen molar-refractivity contribution in [3.63, 3.8) is 0 Å². The molecule has 1 fully saturated rings. The summed E-state index contributed by atoms with van der Waals surface area (Å²) in [5.74, 6) is 11.3. The molecule has 1 saturated heterocycles. The van der Waals surface area contributed by atoms with Gasteiger partial charge in [-0.1, -0.05) is 11.8 Å². The number of likely N-dealkylation sites (tertiary alicyclic amines) is 1. The van der Waals surface area contributed by atoms with Crippen molar-refractivity contribution in [2.24, 2.45) is 5.92 Å². The Kier molecular flexibility index (Phi) is 6.99. The number of fused-ring (bicyclic) bond motifs is 1. The van der Waals surface area contributed by atoms with E-state index in [4.69, 9.17) is 5.21 Å². The third-order valence-corrected chi connectivity index (χ3v) is 8.28. The fourth-order valence-electron chi connectivity index (χ4n) is 3.80. The zero-order valence-corrected chi connectivity index (χ0v) is 19.3. The minimum absolute atomic E-state index is 0.0422. The van der Waals surface area contributed by atoms with Gasteiger partial charge in [0.1, 0.15) is 0 Å². The number of carbonyl (C=O) groups excluding carboxylic acids is 2. The third-order valence-electron chi connectivity index (χ3n) is 6.25. The van der Waals surface area contributed by atoms with Crippen molar-refractivity contribution in [1.82, 2.24) is 19.8 Å². The average molecular weight is 461 g/mol. The fraction of sp³-hybridized carbons (Fsp3) is 0.545. The molecule has 3 heterocycles. The molecular formula is C22H28N4O5S. The van der Waals surface area contributed by atoms with Gasteiger partial charge in [0.2, 0.25) is 0 Å². The summed E-state index contributed by atoms with van der Waals surface area (Å²) in [5.41, 5.74) is 2.83. The van der Waals surface area contributed by atoms with Gasteiger partial charge >= 0.3 is 6.03 Å². The van der Waals surface area contributed by atoms with Gasteiger partial charge in [-0.3, -0.25) is 14.6 Å². The molecular weight excluding hydrogens is 432 g/mol. The molecule has 32 heavy (non-hydrogen) atoms. The maximum atomic E-state index is 12.7. The van der Waals surface area contributed by atoms with Gasteiger partial charge in [-0.05, 0) is 64.2 Å². The number of sulfone groups is 1. The highest BCUT2D eigenvalue weighted by Gasteiger charge is 2.44. The number of piperidine rings is 1. The molecule has 172 valence electrons. The lowest BCUT2D eigenvalue weighted by Crippen LogP contribution is -2.50. The summed E-state index contributed by atoms with van der Waals surface area (Å²) >= 11 is 0. The quantitative estimate of drug-likeness (QED) is 0.380. The van der Waals surface area contributed by atoms with Crippen LogP contribution in [0.5, 0.6) is 0 Å². The van der Waals surface area contributed by atoms with Crippen molar-refractivity contribution < 1.29 is 23.2 Å². The normalized spacial score (nSPS) is 18.8. The minimum Gasteiger partial charge on any atom is -0.318 e. The van der Waals surface area contributed by atoms with Crippen LogP contribution < -0.4 is 5.48 Å². The molecule has 2 amide bonds. The number of carbonyl (C=O) groups is 2. The highest BCUT2D eigenvalue weighted by Crippen LogP contribution is 2.25. The summed E-state index contributed by atoms with van der Waals surface area (Å²) in [6.45, 7) is 3.65. The summed E-state index contributed by atoms with van der Waals surface area (Å²) in [5, 5.41) is 8.92. The Morgan fingerprint density at radius 3 is 2.59 bits per heavy atom. The Morgan fingerprint density at radius 2 is 2.00 bits per heavy atom. The molecule has 0 saturated carbocycles. The van der Waals surface area contributed by atoms with Crippen LogP contribution >= 0.6 is 0 Å². The van der Waals surface area contributed by atoms with Crippen molar-refractivity contribution in [2.45, 2.75) is 37.5 Å². The SMILES string of the molecule is CN1CCC(C#CC#Cc2cc3n(c2)C(=O)N(CCC(C)(C(=O)NO)S(C)(=O)=O)C3)CC1. The van der Waals surface area contributed by atoms with Gasteiger partial charge in [0.15, 0.2) is 14.6 Å². The lowest BCUT2D eigenvalue weighted by molar-refractivity contribution is -0.131. The summed E-state index contributed by atoms with van der Waals surface area (Å²) in [4.78, 5) is 28.4. The van der Waals surface area contributed by atoms with E-state index in [1.807, 2.05) is 0 Å². The van der Waals surface area contributed by atoms with Crippen molar-refractivity contribution >= 4 is 21.8 Å². The van der Waals surface area contributed by atoms with Crippen molar-refractivity contribution in [1.29, 1.82) is 0 Å². The number of hydrogen-bond acceptors (Lipinski definition) is 6. The zero-order chi connectivity index (χ0) is 23.5. The molecule has 2 aliphatic heterocycles. The highest BCUT2D eigenvalue weighted by atomic mass is 32.2. The second-order valence-electron chi connectivity index (χ2n) is 8.59. The van der Waals surface area contributed by atoms with Gasteiger partial charge in [0, 0.05) is 36.2 Å². The molecule has 0 aromatic carbocycles. The van der Waals surface area contributed by atoms with E-state index in [1.165, 1.54) is 21.9 Å². The number of nitrogens with one attached hydrogen (secondary N) is 1. The molecule has 1 atom stereocenters. The maximum Gasteiger partial charge on any atom is 0.328 e. The number of aromatic nitrogens is 1. The monoisotopic (exact) mass is 460 g/mol. The molecule has 1 unspecified atom stereocenters. The van der Waals surface area contributed by atoms with E-state index >= 15 is 0 Å². The van der Waals surface area contributed by atoms with Crippen LogP contribution in [0.4, 0.5) is 4.79 Å². The van der Waals surface area contributed by atoms with Crippen LogP contribution in [-0.2, 0) is 21.2 Å². The standard InChI is InChI=1S/C22H28N4O5S/c1-22(20(27)23-29,32(3,30)31)10-13-25-16-19-14-18(15-26(19)21(25)28)7-5-4-6-17-8-11-24(2)12-9-17/h14-15,17,29H,8-13,16H2,1-3H3,(H,23,27). The number of hydrogen-bond donors (Lipinski definition) is 2. The Hall–Kier alpha value is -2.79. The number of nitrogens with zero attached hydrogens (tertiary/aromatic N) is 3. The van der Waals surface area contributed by atoms with Crippen LogP contribution in [0.3, 0.4) is 0 Å². The van der Waals surface area contributed by atoms with Gasteiger partial charge < -0.3 is 9.80 Å². The number of hydroxylamine groups is 1. The van der Waals surface area contributed by atoms with Crippen molar-refractivity contribution in [2.75, 3.05) is 32.9 Å². The molecule has 1 aromatic rings. The lowest BCUT2D eigenvalue weighted by Gasteiger charge is -2.27. The zero-order valence-electron chi connectivity index (χ0n) is 18.5. The second kappa shape index (κ2) is 9.37. The third kappa shape index (κ3) is 4.99. The molecule has 3 rings (SSSR count). The summed E-state index contributed by atoms with van der Waals surface area (Å²) in [7, 11) is -1.71. The molecule has 1 aromatic heterocycles. The molecule has 2 N–H and O–H groups in total. The van der Waals surface area contributed by atoms with E-state index in [0.29, 0.717) is 11.5 Å². The first-order valence-corrected chi connectivity index (χ1v) is 12.3. The highest BCUT2D eigenvalue weighted by molar-refractivity contribution is 7.92. The van der Waals surface area contributed by atoms with E-state index in [-0.39, 0.29) is 25.5 Å². The maximum absolute atomic E-state index is 12.7. The van der Waals surface area contributed by atoms with Crippen LogP contribution in [0.25, 0.3) is 0 Å². The molecule has 0 spiro atoms. The summed E-state index contributed by atoms with van der Waals surface area (Å²) in [6, 6.07) is 1.49. The second-order valence-corrected chi connectivity index (χ2v) is 11.0. The first kappa shape index (κ1) is 23.9. The van der Waals surface area contributed by atoms with Gasteiger partial charge in [-0.15, -0.1) is 0 Å². The fourth-order valence-corrected chi connectivity index (χ4v) is 4.64. The van der Waals surface area contributed by atoms with E-state index in [2.05, 4.69) is 35.6 Å². The number of amides is 2. The van der Waals surface area contributed by atoms with Crippen LogP contribution in [0.2, 0.25) is 0 Å². The molecule has 0 bridgehead atoms.